The van der Waals surface area contributed by atoms with Crippen molar-refractivity contribution in [3.05, 3.63) is 29.6 Å². The van der Waals surface area contributed by atoms with Crippen molar-refractivity contribution in [3.63, 3.8) is 0 Å². The minimum Gasteiger partial charge on any atom is -0.324 e. The fraction of sp³-hybridized carbons (Fsp3) is 0.462. The van der Waals surface area contributed by atoms with Crippen molar-refractivity contribution in [1.29, 1.82) is 0 Å². The average molecular weight is 300 g/mol. The molecule has 7 heteroatoms. The first kappa shape index (κ1) is 14.8. The van der Waals surface area contributed by atoms with Gasteiger partial charge < -0.3 is 10.2 Å². The van der Waals surface area contributed by atoms with Gasteiger partial charge in [-0.1, -0.05) is 6.07 Å². The lowest BCUT2D eigenvalue weighted by atomic mass is 10.2. The minimum atomic E-state index is -3.04. The summed E-state index contributed by atoms with van der Waals surface area (Å²) in [5, 5.41) is 2.61. The van der Waals surface area contributed by atoms with Crippen molar-refractivity contribution in [2.45, 2.75) is 19.4 Å². The van der Waals surface area contributed by atoms with Crippen LogP contribution in [-0.2, 0) is 9.84 Å². The van der Waals surface area contributed by atoms with E-state index in [0.717, 1.165) is 5.56 Å². The fourth-order valence-corrected chi connectivity index (χ4v) is 3.95. The van der Waals surface area contributed by atoms with Gasteiger partial charge in [-0.2, -0.15) is 0 Å². The van der Waals surface area contributed by atoms with Crippen LogP contribution in [-0.4, -0.2) is 43.9 Å². The van der Waals surface area contributed by atoms with Crippen LogP contribution in [0.5, 0.6) is 0 Å². The molecule has 1 N–H and O–H groups in total. The van der Waals surface area contributed by atoms with E-state index in [1.165, 1.54) is 17.0 Å². The molecule has 0 bridgehead atoms. The summed E-state index contributed by atoms with van der Waals surface area (Å²) in [5.74, 6) is -0.343. The van der Waals surface area contributed by atoms with Crippen LogP contribution in [0, 0.1) is 12.7 Å². The maximum absolute atomic E-state index is 13.2. The molecule has 1 aliphatic heterocycles. The lowest BCUT2D eigenvalue weighted by molar-refractivity contribution is 0.209. The van der Waals surface area contributed by atoms with Crippen LogP contribution in [0.1, 0.15) is 12.0 Å². The van der Waals surface area contributed by atoms with Gasteiger partial charge in [-0.25, -0.2) is 17.6 Å². The Bertz CT molecular complexity index is 631. The van der Waals surface area contributed by atoms with Gasteiger partial charge in [0, 0.05) is 18.8 Å². The van der Waals surface area contributed by atoms with E-state index in [-0.39, 0.29) is 17.5 Å². The number of halogens is 1. The number of aryl methyl sites for hydroxylation is 1. The van der Waals surface area contributed by atoms with Gasteiger partial charge in [0.2, 0.25) is 0 Å². The zero-order chi connectivity index (χ0) is 14.9. The maximum atomic E-state index is 13.2. The number of urea groups is 1. The van der Waals surface area contributed by atoms with Crippen LogP contribution in [0.3, 0.4) is 0 Å². The predicted octanol–water partition coefficient (Wildman–Crippen LogP) is 1.78. The van der Waals surface area contributed by atoms with Crippen molar-refractivity contribution in [1.82, 2.24) is 4.90 Å². The van der Waals surface area contributed by atoms with E-state index in [4.69, 9.17) is 0 Å². The van der Waals surface area contributed by atoms with Crippen LogP contribution in [0.2, 0.25) is 0 Å². The number of benzene rings is 1. The van der Waals surface area contributed by atoms with Gasteiger partial charge in [0.05, 0.1) is 11.5 Å². The molecular formula is C13H17FN2O3S. The molecule has 0 spiro atoms. The normalized spacial score (nSPS) is 20.6. The molecular weight excluding hydrogens is 283 g/mol. The van der Waals surface area contributed by atoms with Crippen LogP contribution in [0.15, 0.2) is 18.2 Å². The summed E-state index contributed by atoms with van der Waals surface area (Å²) < 4.78 is 36.0. The summed E-state index contributed by atoms with van der Waals surface area (Å²) in [6, 6.07) is 3.38. The molecule has 5 nitrogen and oxygen atoms in total. The highest BCUT2D eigenvalue weighted by Crippen LogP contribution is 2.20. The standard InChI is InChI=1S/C13H17FN2O3S/c1-9-3-4-10(14)7-12(9)15-13(17)16(2)11-5-6-20(18,19)8-11/h3-4,7,11H,5-6,8H2,1-2H3,(H,15,17). The van der Waals surface area contributed by atoms with E-state index in [0.29, 0.717) is 12.1 Å². The molecule has 2 rings (SSSR count). The zero-order valence-corrected chi connectivity index (χ0v) is 12.2. The summed E-state index contributed by atoms with van der Waals surface area (Å²) >= 11 is 0. The monoisotopic (exact) mass is 300 g/mol. The Morgan fingerprint density at radius 3 is 2.75 bits per heavy atom. The molecule has 1 aromatic carbocycles. The first-order valence-corrected chi connectivity index (χ1v) is 8.11. The Balaban J connectivity index is 2.06. The van der Waals surface area contributed by atoms with E-state index < -0.39 is 21.7 Å². The van der Waals surface area contributed by atoms with Gasteiger partial charge in [-0.15, -0.1) is 0 Å². The number of rotatable bonds is 2. The molecule has 1 aromatic rings. The molecule has 0 aliphatic carbocycles. The van der Waals surface area contributed by atoms with E-state index in [9.17, 15) is 17.6 Å². The number of sulfone groups is 1. The number of hydrogen-bond donors (Lipinski definition) is 1. The van der Waals surface area contributed by atoms with E-state index in [1.807, 2.05) is 0 Å². The Kier molecular flexibility index (Phi) is 3.99. The second-order valence-corrected chi connectivity index (χ2v) is 7.29. The smallest absolute Gasteiger partial charge is 0.321 e. The number of carbonyl (C=O) groups excluding carboxylic acids is 1. The molecule has 1 saturated heterocycles. The average Bonchev–Trinajstić information content (AvgIpc) is 2.73. The van der Waals surface area contributed by atoms with E-state index in [1.54, 1.807) is 20.0 Å². The Labute approximate surface area is 117 Å². The van der Waals surface area contributed by atoms with Crippen molar-refractivity contribution in [2.24, 2.45) is 0 Å². The molecule has 0 saturated carbocycles. The Morgan fingerprint density at radius 2 is 2.15 bits per heavy atom. The SMILES string of the molecule is Cc1ccc(F)cc1NC(=O)N(C)C1CCS(=O)(=O)C1. The molecule has 110 valence electrons. The molecule has 1 aliphatic rings. The largest absolute Gasteiger partial charge is 0.324 e. The molecule has 0 radical (unpaired) electrons. The van der Waals surface area contributed by atoms with Gasteiger partial charge in [0.1, 0.15) is 5.82 Å². The van der Waals surface area contributed by atoms with Crippen molar-refractivity contribution in [3.8, 4) is 0 Å². The topological polar surface area (TPSA) is 66.5 Å². The van der Waals surface area contributed by atoms with Gasteiger partial charge in [0.25, 0.3) is 0 Å². The first-order valence-electron chi connectivity index (χ1n) is 6.29. The summed E-state index contributed by atoms with van der Waals surface area (Å²) in [6.45, 7) is 1.76. The number of anilines is 1. The van der Waals surface area contributed by atoms with Crippen LogP contribution >= 0.6 is 0 Å². The highest BCUT2D eigenvalue weighted by atomic mass is 32.2. The molecule has 1 unspecified atom stereocenters. The predicted molar refractivity (Wildman–Crippen MR) is 75.0 cm³/mol. The van der Waals surface area contributed by atoms with Crippen LogP contribution < -0.4 is 5.32 Å². The Morgan fingerprint density at radius 1 is 1.45 bits per heavy atom. The third-order valence-corrected chi connectivity index (χ3v) is 5.27. The number of nitrogens with zero attached hydrogens (tertiary/aromatic N) is 1. The molecule has 2 amide bonds. The van der Waals surface area contributed by atoms with Gasteiger partial charge in [-0.3, -0.25) is 0 Å². The third-order valence-electron chi connectivity index (χ3n) is 3.52. The van der Waals surface area contributed by atoms with Crippen molar-refractivity contribution in [2.75, 3.05) is 23.9 Å². The van der Waals surface area contributed by atoms with Gasteiger partial charge in [0.15, 0.2) is 9.84 Å². The molecule has 0 aromatic heterocycles. The second-order valence-electron chi connectivity index (χ2n) is 5.06. The number of hydrogen-bond acceptors (Lipinski definition) is 3. The summed E-state index contributed by atoms with van der Waals surface area (Å²) in [4.78, 5) is 13.4. The third kappa shape index (κ3) is 3.27. The number of nitrogens with one attached hydrogen (secondary N) is 1. The molecule has 1 fully saturated rings. The summed E-state index contributed by atoms with van der Waals surface area (Å²) in [6.07, 6.45) is 0.439. The minimum absolute atomic E-state index is 0.0148. The first-order chi connectivity index (χ1) is 9.28. The molecule has 1 atom stereocenters. The van der Waals surface area contributed by atoms with E-state index in [2.05, 4.69) is 5.32 Å². The van der Waals surface area contributed by atoms with Gasteiger partial charge >= 0.3 is 6.03 Å². The highest BCUT2D eigenvalue weighted by Gasteiger charge is 2.32. The highest BCUT2D eigenvalue weighted by molar-refractivity contribution is 7.91. The summed E-state index contributed by atoms with van der Waals surface area (Å²) in [5.41, 5.74) is 1.13. The van der Waals surface area contributed by atoms with Crippen molar-refractivity contribution < 1.29 is 17.6 Å². The van der Waals surface area contributed by atoms with Gasteiger partial charge in [-0.05, 0) is 31.0 Å². The van der Waals surface area contributed by atoms with Crippen LogP contribution in [0.4, 0.5) is 14.9 Å². The van der Waals surface area contributed by atoms with E-state index >= 15 is 0 Å². The number of amides is 2. The lowest BCUT2D eigenvalue weighted by Gasteiger charge is -2.24. The number of carbonyl (C=O) groups is 1. The maximum Gasteiger partial charge on any atom is 0.321 e. The fourth-order valence-electron chi connectivity index (χ4n) is 2.18. The molecule has 1 heterocycles. The van der Waals surface area contributed by atoms with Crippen molar-refractivity contribution >= 4 is 21.6 Å². The quantitative estimate of drug-likeness (QED) is 0.905. The summed E-state index contributed by atoms with van der Waals surface area (Å²) in [7, 11) is -1.49. The molecule has 20 heavy (non-hydrogen) atoms. The van der Waals surface area contributed by atoms with Crippen LogP contribution in [0.25, 0.3) is 0 Å². The zero-order valence-electron chi connectivity index (χ0n) is 11.4. The second kappa shape index (κ2) is 5.40. The lowest BCUT2D eigenvalue weighted by Crippen LogP contribution is -2.40. The Hall–Kier alpha value is -1.63.